The molecule has 3 fully saturated rings. The van der Waals surface area contributed by atoms with Gasteiger partial charge < -0.3 is 20.9 Å². The molecular weight excluding hydrogens is 428 g/mol. The summed E-state index contributed by atoms with van der Waals surface area (Å²) in [6.07, 6.45) is 2.48. The minimum atomic E-state index is -1.80. The summed E-state index contributed by atoms with van der Waals surface area (Å²) in [5.41, 5.74) is 4.54. The van der Waals surface area contributed by atoms with Crippen molar-refractivity contribution in [3.05, 3.63) is 11.1 Å². The molecule has 4 N–H and O–H groups in total. The highest BCUT2D eigenvalue weighted by Gasteiger charge is 2.70. The predicted octanol–water partition coefficient (Wildman–Crippen LogP) is 1.61. The first-order chi connectivity index (χ1) is 14.2. The number of hydrogen-bond donors (Lipinski definition) is 3. The third kappa shape index (κ3) is 3.36. The number of rotatable bonds is 6. The molecule has 3 aliphatic heterocycles. The van der Waals surface area contributed by atoms with Gasteiger partial charge in [0.15, 0.2) is 5.13 Å². The zero-order valence-corrected chi connectivity index (χ0v) is 18.6. The molecule has 3 saturated heterocycles. The highest BCUT2D eigenvalue weighted by Crippen LogP contribution is 2.55. The molecule has 4 rings (SSSR count). The average molecular weight is 455 g/mol. The van der Waals surface area contributed by atoms with Crippen LogP contribution in [0.15, 0.2) is 5.38 Å². The molecule has 30 heavy (non-hydrogen) atoms. The minimum Gasteiger partial charge on any atom is -0.478 e. The van der Waals surface area contributed by atoms with E-state index in [1.165, 1.54) is 28.0 Å². The Morgan fingerprint density at radius 2 is 2.13 bits per heavy atom. The zero-order chi connectivity index (χ0) is 21.7. The van der Waals surface area contributed by atoms with Gasteiger partial charge in [0, 0.05) is 18.6 Å². The van der Waals surface area contributed by atoms with Gasteiger partial charge in [-0.05, 0) is 39.0 Å². The maximum Gasteiger partial charge on any atom is 0.352 e. The van der Waals surface area contributed by atoms with Crippen molar-refractivity contribution in [3.8, 4) is 0 Å². The number of carbonyl (C=O) groups excluding carboxylic acids is 2. The number of carboxylic acids is 1. The van der Waals surface area contributed by atoms with E-state index in [4.69, 9.17) is 10.5 Å². The summed E-state index contributed by atoms with van der Waals surface area (Å²) in [4.78, 5) is 44.0. The van der Waals surface area contributed by atoms with Gasteiger partial charge in [0.2, 0.25) is 17.5 Å². The van der Waals surface area contributed by atoms with Crippen LogP contribution in [0.4, 0.5) is 5.13 Å². The second-order valence-electron chi connectivity index (χ2n) is 8.51. The molecule has 0 aromatic carbocycles. The number of nitrogens with two attached hydrogens (primary N) is 1. The SMILES string of the molecule is CC1(C)S[C@@H]2CC(=O)N2[C@@]1(NC(=O)[C@@H](CC1CCOCC1)c1csc(N)n1)C(=O)O. The predicted molar refractivity (Wildman–Crippen MR) is 113 cm³/mol. The number of carbonyl (C=O) groups is 3. The Morgan fingerprint density at radius 3 is 2.70 bits per heavy atom. The zero-order valence-electron chi connectivity index (χ0n) is 16.9. The summed E-state index contributed by atoms with van der Waals surface area (Å²) < 4.78 is 4.53. The second kappa shape index (κ2) is 7.69. The summed E-state index contributed by atoms with van der Waals surface area (Å²) in [7, 11) is 0. The van der Waals surface area contributed by atoms with Gasteiger partial charge in [-0.2, -0.15) is 0 Å². The van der Waals surface area contributed by atoms with Gasteiger partial charge in [0.1, 0.15) is 0 Å². The van der Waals surface area contributed by atoms with E-state index in [-0.39, 0.29) is 23.6 Å². The number of carboxylic acid groups (broad SMARTS) is 1. The van der Waals surface area contributed by atoms with E-state index in [0.29, 0.717) is 30.5 Å². The first kappa shape index (κ1) is 21.4. The number of hydrogen-bond acceptors (Lipinski definition) is 8. The fraction of sp³-hybridized carbons (Fsp3) is 0.684. The number of β-lactam (4-membered cyclic amide) rings is 1. The Balaban J connectivity index is 1.64. The molecule has 164 valence electrons. The Labute approximate surface area is 182 Å². The van der Waals surface area contributed by atoms with E-state index < -0.39 is 28.2 Å². The van der Waals surface area contributed by atoms with Gasteiger partial charge in [-0.15, -0.1) is 23.1 Å². The summed E-state index contributed by atoms with van der Waals surface area (Å²) >= 11 is 2.65. The van der Waals surface area contributed by atoms with Crippen LogP contribution in [0.2, 0.25) is 0 Å². The number of aromatic nitrogens is 1. The van der Waals surface area contributed by atoms with Crippen LogP contribution in [0.25, 0.3) is 0 Å². The molecule has 4 heterocycles. The first-order valence-corrected chi connectivity index (χ1v) is 11.8. The minimum absolute atomic E-state index is 0.243. The van der Waals surface area contributed by atoms with Gasteiger partial charge in [-0.25, -0.2) is 9.78 Å². The van der Waals surface area contributed by atoms with Crippen molar-refractivity contribution in [2.75, 3.05) is 18.9 Å². The molecule has 1 aromatic heterocycles. The molecule has 3 atom stereocenters. The number of anilines is 1. The Morgan fingerprint density at radius 1 is 1.43 bits per heavy atom. The maximum absolute atomic E-state index is 13.5. The van der Waals surface area contributed by atoms with Crippen LogP contribution in [0.3, 0.4) is 0 Å². The molecule has 1 aromatic rings. The highest BCUT2D eigenvalue weighted by atomic mass is 32.2. The molecular formula is C19H26N4O5S2. The van der Waals surface area contributed by atoms with Crippen LogP contribution in [0.1, 0.15) is 51.1 Å². The van der Waals surface area contributed by atoms with E-state index >= 15 is 0 Å². The van der Waals surface area contributed by atoms with Crippen LogP contribution in [-0.2, 0) is 19.1 Å². The van der Waals surface area contributed by atoms with Crippen LogP contribution < -0.4 is 11.1 Å². The van der Waals surface area contributed by atoms with Gasteiger partial charge in [0.25, 0.3) is 0 Å². The quantitative estimate of drug-likeness (QED) is 0.552. The first-order valence-electron chi connectivity index (χ1n) is 10.00. The van der Waals surface area contributed by atoms with Crippen molar-refractivity contribution >= 4 is 46.0 Å². The lowest BCUT2D eigenvalue weighted by Gasteiger charge is -2.46. The molecule has 11 heteroatoms. The lowest BCUT2D eigenvalue weighted by molar-refractivity contribution is -0.173. The monoisotopic (exact) mass is 454 g/mol. The van der Waals surface area contributed by atoms with Crippen molar-refractivity contribution in [1.82, 2.24) is 15.2 Å². The van der Waals surface area contributed by atoms with Gasteiger partial charge in [0.05, 0.1) is 28.2 Å². The van der Waals surface area contributed by atoms with Gasteiger partial charge >= 0.3 is 5.97 Å². The molecule has 3 aliphatic rings. The number of amides is 2. The molecule has 0 bridgehead atoms. The largest absolute Gasteiger partial charge is 0.478 e. The van der Waals surface area contributed by atoms with Crippen LogP contribution in [0, 0.1) is 5.92 Å². The number of nitrogens with zero attached hydrogens (tertiary/aromatic N) is 2. The number of ether oxygens (including phenoxy) is 1. The standard InChI is InChI=1S/C19H26N4O5S2/c1-18(2)19(16(26)27,23-13(24)8-14(23)30-18)22-15(25)11(12-9-29-17(20)21-12)7-10-3-5-28-6-4-10/h9-11,14H,3-8H2,1-2H3,(H2,20,21)(H,22,25)(H,26,27)/t11-,14+,19-/m0/s1. The van der Waals surface area contributed by atoms with Gasteiger partial charge in [-0.1, -0.05) is 0 Å². The molecule has 2 amide bonds. The van der Waals surface area contributed by atoms with E-state index in [1.807, 2.05) is 0 Å². The van der Waals surface area contributed by atoms with Crippen molar-refractivity contribution in [2.45, 2.75) is 61.2 Å². The highest BCUT2D eigenvalue weighted by molar-refractivity contribution is 8.01. The van der Waals surface area contributed by atoms with Crippen LogP contribution >= 0.6 is 23.1 Å². The van der Waals surface area contributed by atoms with E-state index in [9.17, 15) is 19.5 Å². The summed E-state index contributed by atoms with van der Waals surface area (Å²) in [6.45, 7) is 4.80. The summed E-state index contributed by atoms with van der Waals surface area (Å²) in [5, 5.41) is 14.8. The van der Waals surface area contributed by atoms with E-state index in [2.05, 4.69) is 10.3 Å². The van der Waals surface area contributed by atoms with E-state index in [1.54, 1.807) is 19.2 Å². The number of thioether (sulfide) groups is 1. The van der Waals surface area contributed by atoms with Crippen molar-refractivity contribution < 1.29 is 24.2 Å². The Kier molecular flexibility index (Phi) is 5.48. The summed E-state index contributed by atoms with van der Waals surface area (Å²) in [5.74, 6) is -2.31. The maximum atomic E-state index is 13.5. The smallest absolute Gasteiger partial charge is 0.352 e. The van der Waals surface area contributed by atoms with Crippen molar-refractivity contribution in [3.63, 3.8) is 0 Å². The average Bonchev–Trinajstić information content (AvgIpc) is 3.17. The lowest BCUT2D eigenvalue weighted by Crippen LogP contribution is -2.75. The molecule has 9 nitrogen and oxygen atoms in total. The molecule has 0 saturated carbocycles. The molecule has 0 spiro atoms. The number of fused-ring (bicyclic) bond motifs is 1. The number of aliphatic carboxylic acids is 1. The fourth-order valence-electron chi connectivity index (χ4n) is 4.63. The van der Waals surface area contributed by atoms with E-state index in [0.717, 1.165) is 12.8 Å². The third-order valence-electron chi connectivity index (χ3n) is 6.31. The molecule has 0 aliphatic carbocycles. The topological polar surface area (TPSA) is 135 Å². The number of thiazole rings is 1. The Hall–Kier alpha value is -1.85. The van der Waals surface area contributed by atoms with Gasteiger partial charge in [-0.3, -0.25) is 14.5 Å². The summed E-state index contributed by atoms with van der Waals surface area (Å²) in [6, 6.07) is 0. The fourth-order valence-corrected chi connectivity index (χ4v) is 6.94. The van der Waals surface area contributed by atoms with Crippen molar-refractivity contribution in [2.24, 2.45) is 5.92 Å². The Bertz CT molecular complexity index is 869. The molecule has 0 radical (unpaired) electrons. The second-order valence-corrected chi connectivity index (χ2v) is 11.2. The molecule has 0 unspecified atom stereocenters. The lowest BCUT2D eigenvalue weighted by atomic mass is 9.85. The number of nitrogens with one attached hydrogen (secondary N) is 1. The van der Waals surface area contributed by atoms with Crippen molar-refractivity contribution in [1.29, 1.82) is 0 Å². The van der Waals surface area contributed by atoms with Crippen LogP contribution in [0.5, 0.6) is 0 Å². The normalized spacial score (nSPS) is 29.2. The third-order valence-corrected chi connectivity index (χ3v) is 8.53. The van der Waals surface area contributed by atoms with Crippen LogP contribution in [-0.4, -0.2) is 61.8 Å². The number of nitrogen functional groups attached to an aromatic ring is 1.